The molecule has 1 heterocycles. The first-order valence-corrected chi connectivity index (χ1v) is 8.61. The van der Waals surface area contributed by atoms with Crippen molar-refractivity contribution in [1.29, 1.82) is 0 Å². The predicted octanol–water partition coefficient (Wildman–Crippen LogP) is 4.73. The Hall–Kier alpha value is -1.73. The third-order valence-corrected chi connectivity index (χ3v) is 5.08. The van der Waals surface area contributed by atoms with Crippen LogP contribution in [-0.4, -0.2) is 35.6 Å². The summed E-state index contributed by atoms with van der Waals surface area (Å²) in [6.45, 7) is 0.461. The summed E-state index contributed by atoms with van der Waals surface area (Å²) in [5, 5.41) is 11.2. The van der Waals surface area contributed by atoms with Gasteiger partial charge < -0.3 is 14.6 Å². The van der Waals surface area contributed by atoms with Gasteiger partial charge in [-0.25, -0.2) is 4.79 Å². The normalized spacial score (nSPS) is 26.5. The summed E-state index contributed by atoms with van der Waals surface area (Å²) >= 11 is 5.93. The number of hydrogen-bond donors (Lipinski definition) is 1. The van der Waals surface area contributed by atoms with E-state index in [4.69, 9.17) is 21.1 Å². The molecule has 0 amide bonds. The second-order valence-corrected chi connectivity index (χ2v) is 7.13. The number of rotatable bonds is 3. The average Bonchev–Trinajstić information content (AvgIpc) is 2.78. The number of alkyl halides is 3. The van der Waals surface area contributed by atoms with E-state index in [1.54, 1.807) is 25.1 Å². The Balaban J connectivity index is 1.78. The lowest BCUT2D eigenvalue weighted by molar-refractivity contribution is -0.192. The van der Waals surface area contributed by atoms with Gasteiger partial charge in [0.2, 0.25) is 0 Å². The molecule has 2 aliphatic rings. The van der Waals surface area contributed by atoms with Crippen LogP contribution in [0.4, 0.5) is 13.2 Å². The van der Waals surface area contributed by atoms with Gasteiger partial charge in [0.25, 0.3) is 0 Å². The number of halogens is 4. The van der Waals surface area contributed by atoms with Gasteiger partial charge in [0.15, 0.2) is 11.4 Å². The molecule has 1 aliphatic carbocycles. The molecule has 0 saturated heterocycles. The van der Waals surface area contributed by atoms with Gasteiger partial charge in [-0.3, -0.25) is 0 Å². The van der Waals surface area contributed by atoms with E-state index in [1.165, 1.54) is 0 Å². The first-order valence-electron chi connectivity index (χ1n) is 8.23. The van der Waals surface area contributed by atoms with E-state index in [0.717, 1.165) is 5.56 Å². The van der Waals surface area contributed by atoms with Crippen molar-refractivity contribution in [2.75, 3.05) is 6.61 Å². The van der Waals surface area contributed by atoms with Crippen LogP contribution < -0.4 is 0 Å². The number of carbonyl (C=O) groups is 1. The largest absolute Gasteiger partial charge is 0.507 e. The molecule has 1 aromatic rings. The molecule has 0 atom stereocenters. The first-order chi connectivity index (χ1) is 12.1. The predicted molar refractivity (Wildman–Crippen MR) is 88.8 cm³/mol. The zero-order valence-electron chi connectivity index (χ0n) is 14.0. The summed E-state index contributed by atoms with van der Waals surface area (Å²) in [6, 6.07) is 4.93. The smallest absolute Gasteiger partial charge is 0.411 e. The van der Waals surface area contributed by atoms with Gasteiger partial charge in [0.05, 0.1) is 6.10 Å². The zero-order chi connectivity index (χ0) is 19.1. The SMILES string of the molecule is Cc1cc(Cl)ccc1C1=C(O)C2(CCC(OCC(F)(F)F)CC2)OC1=O. The van der Waals surface area contributed by atoms with Crippen molar-refractivity contribution in [3.63, 3.8) is 0 Å². The van der Waals surface area contributed by atoms with Crippen LogP contribution in [0.15, 0.2) is 24.0 Å². The molecule has 142 valence electrons. The van der Waals surface area contributed by atoms with Crippen molar-refractivity contribution >= 4 is 23.1 Å². The molecule has 1 spiro atoms. The maximum atomic E-state index is 12.4. The van der Waals surface area contributed by atoms with Crippen LogP contribution in [0, 0.1) is 6.92 Å². The molecule has 4 nitrogen and oxygen atoms in total. The Kier molecular flexibility index (Phi) is 4.96. The summed E-state index contributed by atoms with van der Waals surface area (Å²) in [4.78, 5) is 12.4. The molecule has 0 radical (unpaired) electrons. The Morgan fingerprint density at radius 3 is 2.58 bits per heavy atom. The monoisotopic (exact) mass is 390 g/mol. The Morgan fingerprint density at radius 2 is 2.00 bits per heavy atom. The number of ether oxygens (including phenoxy) is 2. The summed E-state index contributed by atoms with van der Waals surface area (Å²) in [5.74, 6) is -0.801. The highest BCUT2D eigenvalue weighted by Gasteiger charge is 2.51. The van der Waals surface area contributed by atoms with Crippen molar-refractivity contribution in [2.45, 2.75) is 50.5 Å². The molecule has 8 heteroatoms. The lowest BCUT2D eigenvalue weighted by Gasteiger charge is -2.35. The minimum absolute atomic E-state index is 0.0915. The van der Waals surface area contributed by atoms with E-state index >= 15 is 0 Å². The zero-order valence-corrected chi connectivity index (χ0v) is 14.8. The second kappa shape index (κ2) is 6.78. The summed E-state index contributed by atoms with van der Waals surface area (Å²) in [5.41, 5.74) is 0.157. The van der Waals surface area contributed by atoms with E-state index in [-0.39, 0.29) is 37.0 Å². The topological polar surface area (TPSA) is 55.8 Å². The number of aliphatic hydroxyl groups excluding tert-OH is 1. The van der Waals surface area contributed by atoms with E-state index < -0.39 is 30.5 Å². The van der Waals surface area contributed by atoms with Crippen molar-refractivity contribution < 1.29 is 32.5 Å². The van der Waals surface area contributed by atoms with Gasteiger partial charge in [-0.05, 0) is 55.9 Å². The number of aliphatic hydroxyl groups is 1. The van der Waals surface area contributed by atoms with Gasteiger partial charge in [-0.15, -0.1) is 0 Å². The molecule has 1 fully saturated rings. The van der Waals surface area contributed by atoms with E-state index in [2.05, 4.69) is 0 Å². The van der Waals surface area contributed by atoms with Crippen LogP contribution in [0.2, 0.25) is 5.02 Å². The van der Waals surface area contributed by atoms with Crippen LogP contribution in [0.25, 0.3) is 5.57 Å². The van der Waals surface area contributed by atoms with Crippen molar-refractivity contribution in [2.24, 2.45) is 0 Å². The van der Waals surface area contributed by atoms with E-state index in [0.29, 0.717) is 10.6 Å². The average molecular weight is 391 g/mol. The standard InChI is InChI=1S/C18H18ClF3O4/c1-10-8-11(19)2-3-13(10)14-15(23)17(26-16(14)24)6-4-12(5-7-17)25-9-18(20,21)22/h2-3,8,12,23H,4-7,9H2,1H3. The van der Waals surface area contributed by atoms with E-state index in [9.17, 15) is 23.1 Å². The van der Waals surface area contributed by atoms with Crippen LogP contribution in [0.3, 0.4) is 0 Å². The molecule has 26 heavy (non-hydrogen) atoms. The van der Waals surface area contributed by atoms with Gasteiger partial charge >= 0.3 is 12.1 Å². The minimum atomic E-state index is -4.38. The number of carbonyl (C=O) groups excluding carboxylic acids is 1. The van der Waals surface area contributed by atoms with Gasteiger partial charge in [-0.2, -0.15) is 13.2 Å². The molecule has 0 bridgehead atoms. The number of hydrogen-bond acceptors (Lipinski definition) is 4. The number of benzene rings is 1. The molecule has 1 aliphatic heterocycles. The van der Waals surface area contributed by atoms with Crippen molar-refractivity contribution in [1.82, 2.24) is 0 Å². The maximum absolute atomic E-state index is 12.4. The highest BCUT2D eigenvalue weighted by Crippen LogP contribution is 2.46. The highest BCUT2D eigenvalue weighted by molar-refractivity contribution is 6.31. The Labute approximate surface area is 153 Å². The Bertz CT molecular complexity index is 749. The maximum Gasteiger partial charge on any atom is 0.411 e. The molecule has 1 saturated carbocycles. The molecular formula is C18H18ClF3O4. The summed E-state index contributed by atoms with van der Waals surface area (Å²) in [6.07, 6.45) is -4.00. The van der Waals surface area contributed by atoms with Gasteiger partial charge in [-0.1, -0.05) is 17.7 Å². The lowest BCUT2D eigenvalue weighted by atomic mass is 9.81. The van der Waals surface area contributed by atoms with Gasteiger partial charge in [0, 0.05) is 5.02 Å². The quantitative estimate of drug-likeness (QED) is 0.758. The molecule has 1 aromatic carbocycles. The highest BCUT2D eigenvalue weighted by atomic mass is 35.5. The molecule has 0 aromatic heterocycles. The van der Waals surface area contributed by atoms with Gasteiger partial charge in [0.1, 0.15) is 12.2 Å². The van der Waals surface area contributed by atoms with Crippen LogP contribution in [0.5, 0.6) is 0 Å². The molecule has 1 N–H and O–H groups in total. The third kappa shape index (κ3) is 3.69. The van der Waals surface area contributed by atoms with E-state index in [1.807, 2.05) is 0 Å². The second-order valence-electron chi connectivity index (χ2n) is 6.69. The van der Waals surface area contributed by atoms with Crippen molar-refractivity contribution in [3.8, 4) is 0 Å². The number of aryl methyl sites for hydroxylation is 1. The fourth-order valence-electron chi connectivity index (χ4n) is 3.52. The fraction of sp³-hybridized carbons (Fsp3) is 0.500. The third-order valence-electron chi connectivity index (χ3n) is 4.84. The van der Waals surface area contributed by atoms with Crippen LogP contribution in [-0.2, 0) is 14.3 Å². The molecule has 3 rings (SSSR count). The fourth-order valence-corrected chi connectivity index (χ4v) is 3.75. The van der Waals surface area contributed by atoms with Crippen molar-refractivity contribution in [3.05, 3.63) is 40.1 Å². The Morgan fingerprint density at radius 1 is 1.35 bits per heavy atom. The summed E-state index contributed by atoms with van der Waals surface area (Å²) < 4.78 is 47.2. The lowest BCUT2D eigenvalue weighted by Crippen LogP contribution is -2.39. The first kappa shape index (κ1) is 19.0. The number of esters is 1. The van der Waals surface area contributed by atoms with Crippen LogP contribution in [0.1, 0.15) is 36.8 Å². The molecule has 0 unspecified atom stereocenters. The van der Waals surface area contributed by atoms with Crippen LogP contribution >= 0.6 is 11.6 Å². The molecular weight excluding hydrogens is 373 g/mol. The summed E-state index contributed by atoms with van der Waals surface area (Å²) in [7, 11) is 0. The minimum Gasteiger partial charge on any atom is -0.507 e.